The van der Waals surface area contributed by atoms with Gasteiger partial charge in [-0.25, -0.2) is 0 Å². The molecule has 1 saturated carbocycles. The predicted octanol–water partition coefficient (Wildman–Crippen LogP) is 4.24. The molecule has 1 fully saturated rings. The summed E-state index contributed by atoms with van der Waals surface area (Å²) in [6.07, 6.45) is 4.66. The van der Waals surface area contributed by atoms with E-state index in [2.05, 4.69) is 6.58 Å². The second kappa shape index (κ2) is 5.60. The molecule has 102 valence electrons. The number of carbonyl (C=O) groups is 1. The molecule has 2 nitrogen and oxygen atoms in total. The van der Waals surface area contributed by atoms with Crippen LogP contribution in [0.5, 0.6) is 5.75 Å². The number of hydrogen-bond acceptors (Lipinski definition) is 2. The summed E-state index contributed by atoms with van der Waals surface area (Å²) in [5.41, 5.74) is 3.59. The zero-order chi connectivity index (χ0) is 14.0. The van der Waals surface area contributed by atoms with Crippen molar-refractivity contribution in [3.63, 3.8) is 0 Å². The zero-order valence-electron chi connectivity index (χ0n) is 12.1. The van der Waals surface area contributed by atoms with Gasteiger partial charge < -0.3 is 4.74 Å². The number of benzene rings is 1. The summed E-state index contributed by atoms with van der Waals surface area (Å²) < 4.78 is 5.29. The van der Waals surface area contributed by atoms with Crippen LogP contribution in [0.3, 0.4) is 0 Å². The summed E-state index contributed by atoms with van der Waals surface area (Å²) in [6, 6.07) is 3.74. The van der Waals surface area contributed by atoms with Crippen molar-refractivity contribution in [2.45, 2.75) is 39.5 Å². The predicted molar refractivity (Wildman–Crippen MR) is 77.9 cm³/mol. The summed E-state index contributed by atoms with van der Waals surface area (Å²) in [6.45, 7) is 8.01. The first kappa shape index (κ1) is 13.9. The lowest BCUT2D eigenvalue weighted by molar-refractivity contribution is 0.102. The topological polar surface area (TPSA) is 26.3 Å². The maximum absolute atomic E-state index is 12.6. The molecule has 19 heavy (non-hydrogen) atoms. The molecule has 0 unspecified atom stereocenters. The number of allylic oxidation sites excluding steroid dienone is 1. The van der Waals surface area contributed by atoms with Crippen LogP contribution in [0.1, 0.15) is 47.2 Å². The minimum absolute atomic E-state index is 0.107. The van der Waals surface area contributed by atoms with E-state index in [-0.39, 0.29) is 5.78 Å². The Labute approximate surface area is 115 Å². The van der Waals surface area contributed by atoms with Gasteiger partial charge in [0.15, 0.2) is 5.78 Å². The summed E-state index contributed by atoms with van der Waals surface area (Å²) in [5.74, 6) is 1.32. The molecule has 0 saturated heterocycles. The Balaban J connectivity index is 2.28. The minimum Gasteiger partial charge on any atom is -0.496 e. The van der Waals surface area contributed by atoms with E-state index in [0.717, 1.165) is 40.9 Å². The molecule has 0 atom stereocenters. The van der Waals surface area contributed by atoms with Crippen LogP contribution in [0.15, 0.2) is 24.3 Å². The molecule has 2 rings (SSSR count). The molecule has 0 radical (unpaired) electrons. The van der Waals surface area contributed by atoms with Crippen molar-refractivity contribution >= 4 is 5.78 Å². The van der Waals surface area contributed by atoms with E-state index in [0.29, 0.717) is 5.92 Å². The number of carbonyl (C=O) groups excluding carboxylic acids is 1. The van der Waals surface area contributed by atoms with Crippen molar-refractivity contribution in [3.8, 4) is 5.75 Å². The van der Waals surface area contributed by atoms with E-state index >= 15 is 0 Å². The van der Waals surface area contributed by atoms with Crippen LogP contribution >= 0.6 is 0 Å². The first-order valence-corrected chi connectivity index (χ1v) is 6.94. The van der Waals surface area contributed by atoms with E-state index in [1.807, 2.05) is 26.0 Å². The van der Waals surface area contributed by atoms with Crippen LogP contribution < -0.4 is 4.74 Å². The molecule has 1 aromatic rings. The van der Waals surface area contributed by atoms with E-state index in [1.54, 1.807) is 7.11 Å². The standard InChI is InChI=1S/C17H22O2/c1-11-12(2)16(19-4)10-9-15(11)17(18)13(3)14-7-5-6-8-14/h9-10,14H,3,5-8H2,1-2,4H3. The lowest BCUT2D eigenvalue weighted by Crippen LogP contribution is -2.12. The van der Waals surface area contributed by atoms with Crippen LogP contribution in [0.25, 0.3) is 0 Å². The fourth-order valence-corrected chi connectivity index (χ4v) is 2.90. The van der Waals surface area contributed by atoms with Gasteiger partial charge in [-0.3, -0.25) is 4.79 Å². The van der Waals surface area contributed by atoms with Gasteiger partial charge in [-0.05, 0) is 61.4 Å². The maximum Gasteiger partial charge on any atom is 0.188 e. The van der Waals surface area contributed by atoms with Crippen LogP contribution in [0.4, 0.5) is 0 Å². The number of methoxy groups -OCH3 is 1. The summed E-state index contributed by atoms with van der Waals surface area (Å²) in [4.78, 5) is 12.6. The number of hydrogen-bond donors (Lipinski definition) is 0. The minimum atomic E-state index is 0.107. The second-order valence-corrected chi connectivity index (χ2v) is 5.40. The molecule has 2 heteroatoms. The monoisotopic (exact) mass is 258 g/mol. The van der Waals surface area contributed by atoms with Crippen molar-refractivity contribution in [2.24, 2.45) is 5.92 Å². The van der Waals surface area contributed by atoms with Gasteiger partial charge in [-0.15, -0.1) is 0 Å². The Morgan fingerprint density at radius 3 is 2.42 bits per heavy atom. The molecular formula is C17H22O2. The SMILES string of the molecule is C=C(C(=O)c1ccc(OC)c(C)c1C)C1CCCC1. The summed E-state index contributed by atoms with van der Waals surface area (Å²) in [5, 5.41) is 0. The van der Waals surface area contributed by atoms with Crippen molar-refractivity contribution in [1.29, 1.82) is 0 Å². The maximum atomic E-state index is 12.6. The number of rotatable bonds is 4. The van der Waals surface area contributed by atoms with Crippen LogP contribution in [0.2, 0.25) is 0 Å². The summed E-state index contributed by atoms with van der Waals surface area (Å²) >= 11 is 0. The largest absolute Gasteiger partial charge is 0.496 e. The fraction of sp³-hybridized carbons (Fsp3) is 0.471. The third-order valence-corrected chi connectivity index (χ3v) is 4.34. The van der Waals surface area contributed by atoms with Crippen LogP contribution in [0, 0.1) is 19.8 Å². The van der Waals surface area contributed by atoms with E-state index < -0.39 is 0 Å². The lowest BCUT2D eigenvalue weighted by Gasteiger charge is -2.15. The molecule has 0 bridgehead atoms. The highest BCUT2D eigenvalue weighted by atomic mass is 16.5. The Bertz CT molecular complexity index is 508. The van der Waals surface area contributed by atoms with Gasteiger partial charge in [0, 0.05) is 5.56 Å². The number of ether oxygens (including phenoxy) is 1. The lowest BCUT2D eigenvalue weighted by atomic mass is 9.89. The Kier molecular flexibility index (Phi) is 4.08. The van der Waals surface area contributed by atoms with Gasteiger partial charge in [0.2, 0.25) is 0 Å². The molecule has 0 amide bonds. The molecule has 1 aromatic carbocycles. The van der Waals surface area contributed by atoms with E-state index in [4.69, 9.17) is 4.74 Å². The van der Waals surface area contributed by atoms with Crippen molar-refractivity contribution in [1.82, 2.24) is 0 Å². The zero-order valence-corrected chi connectivity index (χ0v) is 12.1. The smallest absolute Gasteiger partial charge is 0.188 e. The average Bonchev–Trinajstić information content (AvgIpc) is 2.94. The number of ketones is 1. The van der Waals surface area contributed by atoms with Gasteiger partial charge in [0.05, 0.1) is 7.11 Å². The molecule has 0 aromatic heterocycles. The fourth-order valence-electron chi connectivity index (χ4n) is 2.90. The highest BCUT2D eigenvalue weighted by Gasteiger charge is 2.24. The number of Topliss-reactive ketones (excluding diaryl/α,β-unsaturated/α-hetero) is 1. The van der Waals surface area contributed by atoms with Gasteiger partial charge in [0.25, 0.3) is 0 Å². The highest BCUT2D eigenvalue weighted by Crippen LogP contribution is 2.33. The molecule has 1 aliphatic carbocycles. The van der Waals surface area contributed by atoms with E-state index in [1.165, 1.54) is 12.8 Å². The van der Waals surface area contributed by atoms with E-state index in [9.17, 15) is 4.79 Å². The molecule has 0 N–H and O–H groups in total. The third-order valence-electron chi connectivity index (χ3n) is 4.34. The van der Waals surface area contributed by atoms with Gasteiger partial charge in [0.1, 0.15) is 5.75 Å². The highest BCUT2D eigenvalue weighted by molar-refractivity contribution is 6.09. The Morgan fingerprint density at radius 2 is 1.84 bits per heavy atom. The van der Waals surface area contributed by atoms with Crippen LogP contribution in [-0.2, 0) is 0 Å². The molecular weight excluding hydrogens is 236 g/mol. The molecule has 0 heterocycles. The molecule has 0 spiro atoms. The van der Waals surface area contributed by atoms with Crippen LogP contribution in [-0.4, -0.2) is 12.9 Å². The van der Waals surface area contributed by atoms with Crippen molar-refractivity contribution in [2.75, 3.05) is 7.11 Å². The Hall–Kier alpha value is -1.57. The van der Waals surface area contributed by atoms with Crippen molar-refractivity contribution in [3.05, 3.63) is 41.0 Å². The second-order valence-electron chi connectivity index (χ2n) is 5.40. The van der Waals surface area contributed by atoms with Gasteiger partial charge >= 0.3 is 0 Å². The van der Waals surface area contributed by atoms with Gasteiger partial charge in [-0.1, -0.05) is 19.4 Å². The first-order valence-electron chi connectivity index (χ1n) is 6.94. The first-order chi connectivity index (χ1) is 9.06. The normalized spacial score (nSPS) is 15.5. The average molecular weight is 258 g/mol. The summed E-state index contributed by atoms with van der Waals surface area (Å²) in [7, 11) is 1.65. The molecule has 0 aliphatic heterocycles. The van der Waals surface area contributed by atoms with Gasteiger partial charge in [-0.2, -0.15) is 0 Å². The Morgan fingerprint density at radius 1 is 1.21 bits per heavy atom. The third kappa shape index (κ3) is 2.58. The quantitative estimate of drug-likeness (QED) is 0.596. The van der Waals surface area contributed by atoms with Crippen molar-refractivity contribution < 1.29 is 9.53 Å². The molecule has 1 aliphatic rings.